The quantitative estimate of drug-likeness (QED) is 0.516. The number of hydrogen-bond acceptors (Lipinski definition) is 3. The third kappa shape index (κ3) is 1.50. The maximum Gasteiger partial charge on any atom is 0.139 e. The number of rotatable bonds is 1. The molecule has 0 aromatic heterocycles. The Hall–Kier alpha value is -0.410. The highest BCUT2D eigenvalue weighted by atomic mass is 16.7. The monoisotopic (exact) mass is 129 g/mol. The average molecular weight is 129 g/mol. The van der Waals surface area contributed by atoms with Gasteiger partial charge < -0.3 is 4.79 Å². The van der Waals surface area contributed by atoms with Crippen LogP contribution in [0.2, 0.25) is 0 Å². The normalized spacial score (nSPS) is 32.4. The van der Waals surface area contributed by atoms with E-state index in [1.807, 2.05) is 13.8 Å². The maximum atomic E-state index is 10.2. The van der Waals surface area contributed by atoms with Gasteiger partial charge in [0.2, 0.25) is 0 Å². The Balaban J connectivity index is 2.47. The fraction of sp³-hybridized carbons (Fsp3) is 0.833. The number of nitrogens with one attached hydrogen (secondary N) is 1. The molecule has 1 saturated heterocycles. The van der Waals surface area contributed by atoms with Gasteiger partial charge in [0, 0.05) is 6.42 Å². The summed E-state index contributed by atoms with van der Waals surface area (Å²) in [6.07, 6.45) is 1.63. The van der Waals surface area contributed by atoms with E-state index in [9.17, 15) is 4.79 Å². The maximum absolute atomic E-state index is 10.2. The first-order valence-corrected chi connectivity index (χ1v) is 3.03. The Kier molecular flexibility index (Phi) is 1.55. The molecule has 0 aliphatic carbocycles. The van der Waals surface area contributed by atoms with Crippen molar-refractivity contribution in [2.75, 3.05) is 0 Å². The van der Waals surface area contributed by atoms with Gasteiger partial charge in [-0.2, -0.15) is 5.48 Å². The van der Waals surface area contributed by atoms with Gasteiger partial charge >= 0.3 is 0 Å². The van der Waals surface area contributed by atoms with Crippen molar-refractivity contribution in [3.8, 4) is 0 Å². The van der Waals surface area contributed by atoms with Gasteiger partial charge in [0.05, 0.1) is 11.6 Å². The Morgan fingerprint density at radius 3 is 2.67 bits per heavy atom. The predicted molar refractivity (Wildman–Crippen MR) is 32.8 cm³/mol. The predicted octanol–water partition coefficient (Wildman–Crippen LogP) is 0.257. The van der Waals surface area contributed by atoms with Crippen LogP contribution in [-0.2, 0) is 9.63 Å². The summed E-state index contributed by atoms with van der Waals surface area (Å²) in [5, 5.41) is 0. The molecule has 1 rings (SSSR count). The zero-order valence-electron chi connectivity index (χ0n) is 5.68. The van der Waals surface area contributed by atoms with Crippen LogP contribution >= 0.6 is 0 Å². The molecular formula is C6H11NO2. The first kappa shape index (κ1) is 6.71. The van der Waals surface area contributed by atoms with Crippen LogP contribution in [0.15, 0.2) is 0 Å². The van der Waals surface area contributed by atoms with E-state index in [0.717, 1.165) is 12.7 Å². The minimum atomic E-state index is -0.175. The summed E-state index contributed by atoms with van der Waals surface area (Å²) in [7, 11) is 0. The molecule has 0 aromatic rings. The molecule has 1 unspecified atom stereocenters. The van der Waals surface area contributed by atoms with E-state index in [0.29, 0.717) is 0 Å². The van der Waals surface area contributed by atoms with E-state index in [1.54, 1.807) is 0 Å². The van der Waals surface area contributed by atoms with Crippen molar-refractivity contribution in [2.24, 2.45) is 0 Å². The molecule has 0 aromatic carbocycles. The standard InChI is InChI=1S/C6H11NO2/c1-6(2)3-5(4-8)7-9-6/h4-5,7H,3H2,1-2H3. The van der Waals surface area contributed by atoms with Crippen molar-refractivity contribution in [1.82, 2.24) is 5.48 Å². The van der Waals surface area contributed by atoms with Crippen LogP contribution in [0.3, 0.4) is 0 Å². The molecule has 1 aliphatic rings. The summed E-state index contributed by atoms with van der Waals surface area (Å²) < 4.78 is 0. The van der Waals surface area contributed by atoms with Crippen molar-refractivity contribution in [3.63, 3.8) is 0 Å². The lowest BCUT2D eigenvalue weighted by atomic mass is 10.0. The minimum absolute atomic E-state index is 0.111. The molecule has 1 N–H and O–H groups in total. The van der Waals surface area contributed by atoms with Crippen LogP contribution in [-0.4, -0.2) is 17.9 Å². The molecule has 0 saturated carbocycles. The molecule has 0 radical (unpaired) electrons. The van der Waals surface area contributed by atoms with Gasteiger partial charge in [0.15, 0.2) is 0 Å². The molecular weight excluding hydrogens is 118 g/mol. The highest BCUT2D eigenvalue weighted by Crippen LogP contribution is 2.20. The van der Waals surface area contributed by atoms with Crippen molar-refractivity contribution in [3.05, 3.63) is 0 Å². The second kappa shape index (κ2) is 2.08. The van der Waals surface area contributed by atoms with E-state index in [2.05, 4.69) is 5.48 Å². The summed E-state index contributed by atoms with van der Waals surface area (Å²) >= 11 is 0. The van der Waals surface area contributed by atoms with E-state index in [4.69, 9.17) is 4.84 Å². The summed E-state index contributed by atoms with van der Waals surface area (Å²) in [4.78, 5) is 15.2. The molecule has 0 amide bonds. The largest absolute Gasteiger partial charge is 0.302 e. The molecule has 3 heteroatoms. The zero-order valence-corrected chi connectivity index (χ0v) is 5.68. The lowest BCUT2D eigenvalue weighted by molar-refractivity contribution is -0.110. The average Bonchev–Trinajstić information content (AvgIpc) is 2.10. The van der Waals surface area contributed by atoms with Gasteiger partial charge in [0.25, 0.3) is 0 Å². The number of carbonyl (C=O) groups is 1. The van der Waals surface area contributed by atoms with Gasteiger partial charge in [-0.25, -0.2) is 0 Å². The fourth-order valence-electron chi connectivity index (χ4n) is 0.924. The molecule has 0 spiro atoms. The highest BCUT2D eigenvalue weighted by Gasteiger charge is 2.31. The second-order valence-corrected chi connectivity index (χ2v) is 2.93. The van der Waals surface area contributed by atoms with Crippen LogP contribution in [0.1, 0.15) is 20.3 Å². The summed E-state index contributed by atoms with van der Waals surface area (Å²) in [5.41, 5.74) is 2.45. The van der Waals surface area contributed by atoms with Crippen molar-refractivity contribution in [1.29, 1.82) is 0 Å². The molecule has 3 nitrogen and oxygen atoms in total. The lowest BCUT2D eigenvalue weighted by Gasteiger charge is -2.12. The van der Waals surface area contributed by atoms with Gasteiger partial charge in [0.1, 0.15) is 6.29 Å². The Bertz CT molecular complexity index is 122. The van der Waals surface area contributed by atoms with Crippen LogP contribution < -0.4 is 5.48 Å². The molecule has 1 heterocycles. The molecule has 1 aliphatic heterocycles. The summed E-state index contributed by atoms with van der Waals surface area (Å²) in [6.45, 7) is 3.90. The van der Waals surface area contributed by atoms with E-state index >= 15 is 0 Å². The number of carbonyl (C=O) groups excluding carboxylic acids is 1. The fourth-order valence-corrected chi connectivity index (χ4v) is 0.924. The third-order valence-electron chi connectivity index (χ3n) is 1.36. The Morgan fingerprint density at radius 2 is 2.44 bits per heavy atom. The van der Waals surface area contributed by atoms with E-state index in [1.165, 1.54) is 0 Å². The van der Waals surface area contributed by atoms with Gasteiger partial charge in [-0.05, 0) is 13.8 Å². The molecule has 1 atom stereocenters. The highest BCUT2D eigenvalue weighted by molar-refractivity contribution is 5.57. The molecule has 0 bridgehead atoms. The van der Waals surface area contributed by atoms with E-state index in [-0.39, 0.29) is 11.6 Å². The smallest absolute Gasteiger partial charge is 0.139 e. The third-order valence-corrected chi connectivity index (χ3v) is 1.36. The number of hydroxylamine groups is 1. The number of hydrogen-bond donors (Lipinski definition) is 1. The SMILES string of the molecule is CC1(C)CC(C=O)NO1. The summed E-state index contributed by atoms with van der Waals surface area (Å²) in [5.74, 6) is 0. The van der Waals surface area contributed by atoms with Gasteiger partial charge in [-0.1, -0.05) is 0 Å². The van der Waals surface area contributed by atoms with Crippen LogP contribution in [0.25, 0.3) is 0 Å². The minimum Gasteiger partial charge on any atom is -0.302 e. The molecule has 1 fully saturated rings. The van der Waals surface area contributed by atoms with Crippen LogP contribution in [0.4, 0.5) is 0 Å². The second-order valence-electron chi connectivity index (χ2n) is 2.93. The Morgan fingerprint density at radius 1 is 1.78 bits per heavy atom. The molecule has 9 heavy (non-hydrogen) atoms. The Labute approximate surface area is 54.3 Å². The van der Waals surface area contributed by atoms with E-state index < -0.39 is 0 Å². The van der Waals surface area contributed by atoms with Crippen LogP contribution in [0, 0.1) is 0 Å². The summed E-state index contributed by atoms with van der Waals surface area (Å²) in [6, 6.07) is -0.111. The zero-order chi connectivity index (χ0) is 6.91. The number of aldehydes is 1. The lowest BCUT2D eigenvalue weighted by Crippen LogP contribution is -2.21. The first-order valence-electron chi connectivity index (χ1n) is 3.03. The first-order chi connectivity index (χ1) is 4.14. The molecule has 52 valence electrons. The van der Waals surface area contributed by atoms with Gasteiger partial charge in [-0.15, -0.1) is 0 Å². The van der Waals surface area contributed by atoms with Crippen molar-refractivity contribution >= 4 is 6.29 Å². The topological polar surface area (TPSA) is 38.3 Å². The van der Waals surface area contributed by atoms with Crippen LogP contribution in [0.5, 0.6) is 0 Å². The van der Waals surface area contributed by atoms with Crippen molar-refractivity contribution in [2.45, 2.75) is 31.9 Å². The van der Waals surface area contributed by atoms with Gasteiger partial charge in [-0.3, -0.25) is 4.84 Å². The van der Waals surface area contributed by atoms with Crippen molar-refractivity contribution < 1.29 is 9.63 Å².